The average molecular weight is 428 g/mol. The van der Waals surface area contributed by atoms with Gasteiger partial charge >= 0.3 is 0 Å². The van der Waals surface area contributed by atoms with Gasteiger partial charge in [-0.1, -0.05) is 25.0 Å². The van der Waals surface area contributed by atoms with Crippen molar-refractivity contribution >= 4 is 33.2 Å². The number of hydrogen-bond donors (Lipinski definition) is 2. The van der Waals surface area contributed by atoms with E-state index < -0.39 is 5.54 Å². The van der Waals surface area contributed by atoms with E-state index in [1.807, 2.05) is 24.3 Å². The normalized spacial score (nSPS) is 11.7. The van der Waals surface area contributed by atoms with Crippen LogP contribution in [0.4, 0.5) is 11.4 Å². The molecule has 2 aromatic carbocycles. The summed E-state index contributed by atoms with van der Waals surface area (Å²) < 4.78 is 0. The molecule has 0 radical (unpaired) electrons. The van der Waals surface area contributed by atoms with Gasteiger partial charge in [-0.2, -0.15) is 0 Å². The van der Waals surface area contributed by atoms with Crippen LogP contribution < -0.4 is 11.5 Å². The lowest BCUT2D eigenvalue weighted by molar-refractivity contribution is 0.463. The van der Waals surface area contributed by atoms with E-state index in [0.29, 0.717) is 46.1 Å². The van der Waals surface area contributed by atoms with Crippen molar-refractivity contribution in [1.29, 1.82) is 0 Å². The fourth-order valence-corrected chi connectivity index (χ4v) is 4.33. The number of nitroso groups, excluding NO2 is 2. The van der Waals surface area contributed by atoms with E-state index in [0.717, 1.165) is 30.4 Å². The summed E-state index contributed by atoms with van der Waals surface area (Å²) in [4.78, 5) is 31.8. The van der Waals surface area contributed by atoms with Crippen LogP contribution in [0.25, 0.3) is 21.8 Å². The maximum absolute atomic E-state index is 11.4. The minimum absolute atomic E-state index is 0.311. The van der Waals surface area contributed by atoms with Crippen molar-refractivity contribution in [3.05, 3.63) is 81.9 Å². The molecule has 8 heteroatoms. The molecule has 2 heterocycles. The molecule has 8 nitrogen and oxygen atoms in total. The molecular formula is C24H24N6O2. The topological polar surface area (TPSA) is 137 Å². The van der Waals surface area contributed by atoms with E-state index in [1.54, 1.807) is 36.7 Å². The summed E-state index contributed by atoms with van der Waals surface area (Å²) in [5, 5.41) is 7.58. The lowest BCUT2D eigenvalue weighted by Crippen LogP contribution is -2.38. The van der Waals surface area contributed by atoms with Crippen molar-refractivity contribution in [3.63, 3.8) is 0 Å². The maximum Gasteiger partial charge on any atom is 0.117 e. The van der Waals surface area contributed by atoms with Gasteiger partial charge in [0, 0.05) is 34.3 Å². The molecule has 0 unspecified atom stereocenters. The van der Waals surface area contributed by atoms with E-state index in [9.17, 15) is 9.81 Å². The van der Waals surface area contributed by atoms with Gasteiger partial charge in [0.1, 0.15) is 11.4 Å². The Hall–Kier alpha value is -3.62. The van der Waals surface area contributed by atoms with Crippen molar-refractivity contribution in [2.45, 2.75) is 31.2 Å². The molecule has 0 spiro atoms. The summed E-state index contributed by atoms with van der Waals surface area (Å²) >= 11 is 0. The van der Waals surface area contributed by atoms with Gasteiger partial charge in [-0.15, -0.1) is 9.81 Å². The highest BCUT2D eigenvalue weighted by Gasteiger charge is 2.34. The highest BCUT2D eigenvalue weighted by molar-refractivity contribution is 5.96. The van der Waals surface area contributed by atoms with Crippen LogP contribution in [0.3, 0.4) is 0 Å². The Morgan fingerprint density at radius 3 is 1.75 bits per heavy atom. The molecule has 4 aromatic rings. The second kappa shape index (κ2) is 9.25. The molecule has 32 heavy (non-hydrogen) atoms. The highest BCUT2D eigenvalue weighted by Crippen LogP contribution is 2.42. The Labute approximate surface area is 185 Å². The van der Waals surface area contributed by atoms with Gasteiger partial charge < -0.3 is 11.5 Å². The first kappa shape index (κ1) is 21.6. The minimum atomic E-state index is -0.976. The van der Waals surface area contributed by atoms with Crippen molar-refractivity contribution < 1.29 is 0 Å². The molecule has 4 rings (SSSR count). The second-order valence-electron chi connectivity index (χ2n) is 7.82. The van der Waals surface area contributed by atoms with Crippen LogP contribution in [-0.4, -0.2) is 16.5 Å². The highest BCUT2D eigenvalue weighted by atomic mass is 16.3. The number of nitrogens with two attached hydrogens (primary N) is 2. The zero-order chi connectivity index (χ0) is 22.6. The van der Waals surface area contributed by atoms with Crippen LogP contribution in [-0.2, 0) is 5.54 Å². The predicted molar refractivity (Wildman–Crippen MR) is 127 cm³/mol. The van der Waals surface area contributed by atoms with Crippen molar-refractivity contribution in [2.75, 3.05) is 6.54 Å². The van der Waals surface area contributed by atoms with Crippen molar-refractivity contribution in [3.8, 4) is 0 Å². The third-order valence-electron chi connectivity index (χ3n) is 5.93. The summed E-state index contributed by atoms with van der Waals surface area (Å²) in [5.74, 6) is 0. The summed E-state index contributed by atoms with van der Waals surface area (Å²) in [5.41, 5.74) is 15.3. The van der Waals surface area contributed by atoms with E-state index in [-0.39, 0.29) is 0 Å². The number of pyridine rings is 2. The Morgan fingerprint density at radius 2 is 1.28 bits per heavy atom. The van der Waals surface area contributed by atoms with Gasteiger partial charge in [0.05, 0.1) is 16.6 Å². The standard InChI is InChI=1S/C24H24N6O2/c25-13-3-1-2-12-24(26,18-8-10-20(29-31)16-6-4-14-27-22(16)18)19-9-11-21(30-32)17-7-5-15-28-23(17)19/h4-11,14-15H,1-3,12-13,25-26H2. The van der Waals surface area contributed by atoms with E-state index in [2.05, 4.69) is 20.3 Å². The fraction of sp³-hybridized carbons (Fsp3) is 0.250. The maximum atomic E-state index is 11.4. The van der Waals surface area contributed by atoms with Crippen molar-refractivity contribution in [1.82, 2.24) is 9.97 Å². The summed E-state index contributed by atoms with van der Waals surface area (Å²) in [7, 11) is 0. The molecule has 0 saturated heterocycles. The average Bonchev–Trinajstić information content (AvgIpc) is 2.85. The molecule has 0 bridgehead atoms. The fourth-order valence-electron chi connectivity index (χ4n) is 4.33. The largest absolute Gasteiger partial charge is 0.330 e. The molecule has 0 aliphatic heterocycles. The Morgan fingerprint density at radius 1 is 0.750 bits per heavy atom. The zero-order valence-corrected chi connectivity index (χ0v) is 17.6. The molecule has 2 aromatic heterocycles. The first-order valence-electron chi connectivity index (χ1n) is 10.6. The van der Waals surface area contributed by atoms with Gasteiger partial charge in [0.25, 0.3) is 0 Å². The van der Waals surface area contributed by atoms with Crippen LogP contribution in [0.15, 0.2) is 71.3 Å². The molecule has 0 saturated carbocycles. The van der Waals surface area contributed by atoms with Crippen molar-refractivity contribution in [2.24, 2.45) is 21.8 Å². The summed E-state index contributed by atoms with van der Waals surface area (Å²) in [6.07, 6.45) is 6.60. The smallest absolute Gasteiger partial charge is 0.117 e. The van der Waals surface area contributed by atoms with Crippen LogP contribution in [0.5, 0.6) is 0 Å². The van der Waals surface area contributed by atoms with Crippen LogP contribution in [0.2, 0.25) is 0 Å². The number of aromatic nitrogens is 2. The number of benzene rings is 2. The molecule has 4 N–H and O–H groups in total. The van der Waals surface area contributed by atoms with Crippen LogP contribution in [0.1, 0.15) is 36.8 Å². The molecule has 0 fully saturated rings. The second-order valence-corrected chi connectivity index (χ2v) is 7.82. The van der Waals surface area contributed by atoms with Gasteiger partial charge in [0.2, 0.25) is 0 Å². The summed E-state index contributed by atoms with van der Waals surface area (Å²) in [6, 6.07) is 14.1. The van der Waals surface area contributed by atoms with Gasteiger partial charge in [0.15, 0.2) is 0 Å². The number of hydrogen-bond acceptors (Lipinski definition) is 8. The molecule has 0 aliphatic rings. The van der Waals surface area contributed by atoms with Crippen LogP contribution >= 0.6 is 0 Å². The summed E-state index contributed by atoms with van der Waals surface area (Å²) in [6.45, 7) is 0.617. The zero-order valence-electron chi connectivity index (χ0n) is 17.6. The Kier molecular flexibility index (Phi) is 6.25. The van der Waals surface area contributed by atoms with Gasteiger partial charge in [-0.05, 0) is 66.1 Å². The minimum Gasteiger partial charge on any atom is -0.330 e. The quantitative estimate of drug-likeness (QED) is 0.274. The first-order chi connectivity index (χ1) is 15.6. The van der Waals surface area contributed by atoms with E-state index in [1.165, 1.54) is 0 Å². The molecule has 0 aliphatic carbocycles. The van der Waals surface area contributed by atoms with E-state index >= 15 is 0 Å². The molecule has 162 valence electrons. The number of nitrogens with zero attached hydrogens (tertiary/aromatic N) is 4. The number of fused-ring (bicyclic) bond motifs is 2. The lowest BCUT2D eigenvalue weighted by Gasteiger charge is -2.32. The molecule has 0 amide bonds. The number of rotatable bonds is 9. The monoisotopic (exact) mass is 428 g/mol. The van der Waals surface area contributed by atoms with Crippen LogP contribution in [0, 0.1) is 9.81 Å². The third kappa shape index (κ3) is 3.74. The third-order valence-corrected chi connectivity index (χ3v) is 5.93. The molecule has 0 atom stereocenters. The Bertz CT molecular complexity index is 1200. The lowest BCUT2D eigenvalue weighted by atomic mass is 9.77. The van der Waals surface area contributed by atoms with Gasteiger partial charge in [-0.25, -0.2) is 0 Å². The first-order valence-corrected chi connectivity index (χ1v) is 10.6. The predicted octanol–water partition coefficient (Wildman–Crippen LogP) is 5.30. The Balaban J connectivity index is 1.99. The van der Waals surface area contributed by atoms with Gasteiger partial charge in [-0.3, -0.25) is 9.97 Å². The number of unbranched alkanes of at least 4 members (excludes halogenated alkanes) is 2. The van der Waals surface area contributed by atoms with E-state index in [4.69, 9.17) is 11.5 Å². The SMILES string of the molecule is NCCCCCC(N)(c1ccc(N=O)c2cccnc12)c1ccc(N=O)c2cccnc12. The molecular weight excluding hydrogens is 404 g/mol.